The summed E-state index contributed by atoms with van der Waals surface area (Å²) in [6.45, 7) is 0. The van der Waals surface area contributed by atoms with Crippen LogP contribution in [-0.2, 0) is 0 Å². The number of thiol groups is 1. The van der Waals surface area contributed by atoms with Crippen molar-refractivity contribution in [2.45, 2.75) is 4.90 Å². The molecule has 0 fully saturated rings. The molecule has 0 amide bonds. The van der Waals surface area contributed by atoms with E-state index in [1.807, 2.05) is 24.3 Å². The second kappa shape index (κ2) is 5.25. The molecule has 2 aromatic rings. The minimum Gasteiger partial charge on any atom is -0.507 e. The van der Waals surface area contributed by atoms with Crippen LogP contribution in [0, 0.1) is 0 Å². The topological polar surface area (TPSA) is 32.6 Å². The third-order valence-corrected chi connectivity index (χ3v) is 2.95. The lowest BCUT2D eigenvalue weighted by Gasteiger charge is -2.01. The van der Waals surface area contributed by atoms with E-state index in [1.54, 1.807) is 18.2 Å². The van der Waals surface area contributed by atoms with Gasteiger partial charge in [0.1, 0.15) is 5.75 Å². The summed E-state index contributed by atoms with van der Waals surface area (Å²) in [6, 6.07) is 12.4. The molecule has 0 saturated carbocycles. The first kappa shape index (κ1) is 12.0. The van der Waals surface area contributed by atoms with Crippen molar-refractivity contribution in [3.63, 3.8) is 0 Å². The number of phenolic OH excluding ortho intramolecular Hbond substituents is 1. The average molecular weight is 264 g/mol. The zero-order chi connectivity index (χ0) is 12.3. The Morgan fingerprint density at radius 1 is 1.12 bits per heavy atom. The van der Waals surface area contributed by atoms with Crippen molar-refractivity contribution in [2.75, 3.05) is 0 Å². The van der Waals surface area contributed by atoms with Crippen LogP contribution in [-0.4, -0.2) is 11.3 Å². The monoisotopic (exact) mass is 263 g/mol. The minimum absolute atomic E-state index is 0.109. The number of hydrogen-bond acceptors (Lipinski definition) is 3. The van der Waals surface area contributed by atoms with Gasteiger partial charge in [-0.1, -0.05) is 29.8 Å². The van der Waals surface area contributed by atoms with Gasteiger partial charge in [-0.2, -0.15) is 0 Å². The molecule has 2 aromatic carbocycles. The molecule has 0 heterocycles. The van der Waals surface area contributed by atoms with E-state index in [-0.39, 0.29) is 5.75 Å². The molecule has 0 aromatic heterocycles. The molecule has 0 aliphatic heterocycles. The highest BCUT2D eigenvalue weighted by atomic mass is 35.5. The standard InChI is InChI=1S/C13H10ClNOS/c14-10-4-3-6-12(16)9(10)8-15-11-5-1-2-7-13(11)17/h1-8,16-17H. The molecule has 0 aliphatic rings. The van der Waals surface area contributed by atoms with Crippen LogP contribution in [0.1, 0.15) is 5.56 Å². The summed E-state index contributed by atoms with van der Waals surface area (Å²) in [5.74, 6) is 0.109. The smallest absolute Gasteiger partial charge is 0.125 e. The molecule has 0 atom stereocenters. The van der Waals surface area contributed by atoms with Gasteiger partial charge in [0, 0.05) is 11.1 Å². The fourth-order valence-electron chi connectivity index (χ4n) is 1.36. The lowest BCUT2D eigenvalue weighted by atomic mass is 10.2. The van der Waals surface area contributed by atoms with Gasteiger partial charge < -0.3 is 5.11 Å². The summed E-state index contributed by atoms with van der Waals surface area (Å²) >= 11 is 10.3. The van der Waals surface area contributed by atoms with Crippen LogP contribution in [0.25, 0.3) is 0 Å². The molecule has 4 heteroatoms. The Morgan fingerprint density at radius 3 is 2.59 bits per heavy atom. The molecule has 2 rings (SSSR count). The molecule has 0 radical (unpaired) electrons. The summed E-state index contributed by atoms with van der Waals surface area (Å²) in [6.07, 6.45) is 1.53. The Kier molecular flexibility index (Phi) is 3.71. The molecular formula is C13H10ClNOS. The Morgan fingerprint density at radius 2 is 1.88 bits per heavy atom. The SMILES string of the molecule is Oc1cccc(Cl)c1C=Nc1ccccc1S. The van der Waals surface area contributed by atoms with Crippen LogP contribution in [0.5, 0.6) is 5.75 Å². The molecule has 0 saturated heterocycles. The van der Waals surface area contributed by atoms with Crippen LogP contribution in [0.3, 0.4) is 0 Å². The predicted molar refractivity (Wildman–Crippen MR) is 74.1 cm³/mol. The molecule has 86 valence electrons. The Bertz CT molecular complexity index is 549. The van der Waals surface area contributed by atoms with Crippen LogP contribution < -0.4 is 0 Å². The number of nitrogens with zero attached hydrogens (tertiary/aromatic N) is 1. The summed E-state index contributed by atoms with van der Waals surface area (Å²) in [4.78, 5) is 5.03. The zero-order valence-electron chi connectivity index (χ0n) is 8.84. The highest BCUT2D eigenvalue weighted by molar-refractivity contribution is 7.80. The first-order valence-corrected chi connectivity index (χ1v) is 5.80. The van der Waals surface area contributed by atoms with E-state index in [9.17, 15) is 5.11 Å². The highest BCUT2D eigenvalue weighted by Gasteiger charge is 2.03. The first-order valence-electron chi connectivity index (χ1n) is 4.98. The van der Waals surface area contributed by atoms with E-state index in [0.717, 1.165) is 10.6 Å². The number of aliphatic imine (C=N–C) groups is 1. The highest BCUT2D eigenvalue weighted by Crippen LogP contribution is 2.26. The second-order valence-corrected chi connectivity index (χ2v) is 4.31. The van der Waals surface area contributed by atoms with E-state index in [0.29, 0.717) is 10.6 Å². The normalized spacial score (nSPS) is 10.9. The summed E-state index contributed by atoms with van der Waals surface area (Å²) in [5, 5.41) is 10.1. The number of para-hydroxylation sites is 1. The Balaban J connectivity index is 2.36. The van der Waals surface area contributed by atoms with Crippen molar-refractivity contribution in [1.82, 2.24) is 0 Å². The minimum atomic E-state index is 0.109. The largest absolute Gasteiger partial charge is 0.507 e. The number of aromatic hydroxyl groups is 1. The van der Waals surface area contributed by atoms with Gasteiger partial charge in [-0.3, -0.25) is 4.99 Å². The maximum atomic E-state index is 9.64. The zero-order valence-corrected chi connectivity index (χ0v) is 10.5. The molecule has 0 bridgehead atoms. The molecule has 0 aliphatic carbocycles. The number of benzene rings is 2. The lowest BCUT2D eigenvalue weighted by Crippen LogP contribution is -1.84. The third kappa shape index (κ3) is 2.81. The van der Waals surface area contributed by atoms with Gasteiger partial charge in [-0.25, -0.2) is 0 Å². The van der Waals surface area contributed by atoms with E-state index in [2.05, 4.69) is 17.6 Å². The van der Waals surface area contributed by atoms with Gasteiger partial charge in [0.2, 0.25) is 0 Å². The Hall–Kier alpha value is -1.45. The van der Waals surface area contributed by atoms with Gasteiger partial charge in [0.25, 0.3) is 0 Å². The average Bonchev–Trinajstić information content (AvgIpc) is 2.30. The van der Waals surface area contributed by atoms with Crippen LogP contribution in [0.15, 0.2) is 52.4 Å². The maximum Gasteiger partial charge on any atom is 0.125 e. The van der Waals surface area contributed by atoms with Crippen molar-refractivity contribution in [3.05, 3.63) is 53.1 Å². The summed E-state index contributed by atoms with van der Waals surface area (Å²) < 4.78 is 0. The first-order chi connectivity index (χ1) is 8.18. The van der Waals surface area contributed by atoms with E-state index in [4.69, 9.17) is 11.6 Å². The van der Waals surface area contributed by atoms with Crippen LogP contribution in [0.4, 0.5) is 5.69 Å². The van der Waals surface area contributed by atoms with E-state index >= 15 is 0 Å². The van der Waals surface area contributed by atoms with Gasteiger partial charge in [0.05, 0.1) is 16.3 Å². The molecule has 17 heavy (non-hydrogen) atoms. The summed E-state index contributed by atoms with van der Waals surface area (Å²) in [7, 11) is 0. The summed E-state index contributed by atoms with van der Waals surface area (Å²) in [5.41, 5.74) is 1.24. The van der Waals surface area contributed by atoms with Gasteiger partial charge in [-0.15, -0.1) is 12.6 Å². The van der Waals surface area contributed by atoms with Gasteiger partial charge in [0.15, 0.2) is 0 Å². The molecule has 1 N–H and O–H groups in total. The fraction of sp³-hybridized carbons (Fsp3) is 0. The van der Waals surface area contributed by atoms with Crippen LogP contribution >= 0.6 is 24.2 Å². The number of phenols is 1. The van der Waals surface area contributed by atoms with Crippen LogP contribution in [0.2, 0.25) is 5.02 Å². The van der Waals surface area contributed by atoms with Crippen molar-refractivity contribution >= 4 is 36.1 Å². The fourth-order valence-corrected chi connectivity index (χ4v) is 1.80. The third-order valence-electron chi connectivity index (χ3n) is 2.24. The second-order valence-electron chi connectivity index (χ2n) is 3.42. The Labute approximate surface area is 110 Å². The molecule has 0 spiro atoms. The van der Waals surface area contributed by atoms with Gasteiger partial charge >= 0.3 is 0 Å². The van der Waals surface area contributed by atoms with Crippen molar-refractivity contribution in [1.29, 1.82) is 0 Å². The van der Waals surface area contributed by atoms with E-state index in [1.165, 1.54) is 6.21 Å². The number of halogens is 1. The van der Waals surface area contributed by atoms with Crippen molar-refractivity contribution in [3.8, 4) is 5.75 Å². The van der Waals surface area contributed by atoms with Crippen molar-refractivity contribution < 1.29 is 5.11 Å². The molecule has 0 unspecified atom stereocenters. The maximum absolute atomic E-state index is 9.64. The quantitative estimate of drug-likeness (QED) is 0.621. The molecular weight excluding hydrogens is 254 g/mol. The predicted octanol–water partition coefficient (Wildman–Crippen LogP) is 4.08. The number of hydrogen-bond donors (Lipinski definition) is 2. The molecule has 2 nitrogen and oxygen atoms in total. The van der Waals surface area contributed by atoms with Crippen molar-refractivity contribution in [2.24, 2.45) is 4.99 Å². The van der Waals surface area contributed by atoms with E-state index < -0.39 is 0 Å². The lowest BCUT2D eigenvalue weighted by molar-refractivity contribution is 0.474. The van der Waals surface area contributed by atoms with Gasteiger partial charge in [-0.05, 0) is 24.3 Å². The number of rotatable bonds is 2.